The standard InChI is InChI=1S/C18H16N2O4/c1-12(21)20-18(15-9-6-10-16(11-15)23-13(2)22)24-17(19-20)14-7-4-3-5-8-14/h3-11,18H,1-2H3/t18-/m1/s1. The van der Waals surface area contributed by atoms with Gasteiger partial charge in [-0.15, -0.1) is 5.10 Å². The van der Waals surface area contributed by atoms with Crippen LogP contribution in [0.4, 0.5) is 0 Å². The van der Waals surface area contributed by atoms with Crippen LogP contribution in [0.1, 0.15) is 31.2 Å². The Bertz CT molecular complexity index is 802. The van der Waals surface area contributed by atoms with Gasteiger partial charge in [0.15, 0.2) is 0 Å². The molecule has 0 saturated carbocycles. The fourth-order valence-corrected chi connectivity index (χ4v) is 2.38. The van der Waals surface area contributed by atoms with Crippen LogP contribution in [0.15, 0.2) is 59.7 Å². The number of hydrazone groups is 1. The molecule has 3 rings (SSSR count). The Hall–Kier alpha value is -3.15. The normalized spacial score (nSPS) is 16.3. The number of carbonyl (C=O) groups excluding carboxylic acids is 2. The van der Waals surface area contributed by atoms with Crippen molar-refractivity contribution >= 4 is 17.8 Å². The number of nitrogens with zero attached hydrogens (tertiary/aromatic N) is 2. The summed E-state index contributed by atoms with van der Waals surface area (Å²) in [5.74, 6) is 0.0990. The Morgan fingerprint density at radius 3 is 2.50 bits per heavy atom. The van der Waals surface area contributed by atoms with E-state index in [9.17, 15) is 9.59 Å². The first-order valence-corrected chi connectivity index (χ1v) is 7.43. The molecule has 0 aromatic heterocycles. The molecule has 2 aromatic rings. The third kappa shape index (κ3) is 3.27. The molecule has 0 saturated heterocycles. The number of hydrogen-bond acceptors (Lipinski definition) is 5. The average Bonchev–Trinajstić information content (AvgIpc) is 3.01. The van der Waals surface area contributed by atoms with Crippen molar-refractivity contribution in [2.45, 2.75) is 20.1 Å². The van der Waals surface area contributed by atoms with Crippen LogP contribution < -0.4 is 4.74 Å². The SMILES string of the molecule is CC(=O)Oc1cccc([C@H]2OC(c3ccccc3)=NN2C(C)=O)c1. The predicted octanol–water partition coefficient (Wildman–Crippen LogP) is 2.85. The molecular formula is C18H16N2O4. The minimum atomic E-state index is -0.701. The van der Waals surface area contributed by atoms with Crippen LogP contribution in [0.5, 0.6) is 5.75 Å². The number of benzene rings is 2. The molecule has 0 radical (unpaired) electrons. The second-order valence-corrected chi connectivity index (χ2v) is 5.27. The molecule has 122 valence electrons. The Kier molecular flexibility index (Phi) is 4.29. The highest BCUT2D eigenvalue weighted by molar-refractivity contribution is 5.96. The summed E-state index contributed by atoms with van der Waals surface area (Å²) in [6.07, 6.45) is -0.701. The Balaban J connectivity index is 1.91. The molecule has 1 aliphatic heterocycles. The maximum absolute atomic E-state index is 11.9. The molecule has 0 N–H and O–H groups in total. The maximum Gasteiger partial charge on any atom is 0.308 e. The van der Waals surface area contributed by atoms with Crippen molar-refractivity contribution in [1.82, 2.24) is 5.01 Å². The van der Waals surface area contributed by atoms with E-state index >= 15 is 0 Å². The lowest BCUT2D eigenvalue weighted by Gasteiger charge is -2.19. The summed E-state index contributed by atoms with van der Waals surface area (Å²) in [6, 6.07) is 16.2. The fourth-order valence-electron chi connectivity index (χ4n) is 2.38. The highest BCUT2D eigenvalue weighted by Gasteiger charge is 2.33. The Morgan fingerprint density at radius 2 is 1.83 bits per heavy atom. The van der Waals surface area contributed by atoms with Crippen LogP contribution >= 0.6 is 0 Å². The summed E-state index contributed by atoms with van der Waals surface area (Å²) in [6.45, 7) is 2.75. The Labute approximate surface area is 139 Å². The second kappa shape index (κ2) is 6.54. The molecule has 1 amide bonds. The van der Waals surface area contributed by atoms with Gasteiger partial charge in [-0.05, 0) is 24.3 Å². The topological polar surface area (TPSA) is 68.2 Å². The van der Waals surface area contributed by atoms with Gasteiger partial charge in [0.1, 0.15) is 5.75 Å². The van der Waals surface area contributed by atoms with Gasteiger partial charge in [-0.25, -0.2) is 0 Å². The maximum atomic E-state index is 11.9. The third-order valence-electron chi connectivity index (χ3n) is 3.39. The minimum Gasteiger partial charge on any atom is -0.446 e. The van der Waals surface area contributed by atoms with Gasteiger partial charge in [-0.3, -0.25) is 9.59 Å². The zero-order valence-electron chi connectivity index (χ0n) is 13.3. The van der Waals surface area contributed by atoms with Gasteiger partial charge < -0.3 is 9.47 Å². The molecule has 2 aromatic carbocycles. The molecule has 6 heteroatoms. The van der Waals surface area contributed by atoms with Crippen molar-refractivity contribution in [2.75, 3.05) is 0 Å². The lowest BCUT2D eigenvalue weighted by molar-refractivity contribution is -0.135. The van der Waals surface area contributed by atoms with E-state index in [-0.39, 0.29) is 5.91 Å². The number of carbonyl (C=O) groups is 2. The Morgan fingerprint density at radius 1 is 1.08 bits per heavy atom. The van der Waals surface area contributed by atoms with Gasteiger partial charge in [0.05, 0.1) is 0 Å². The van der Waals surface area contributed by atoms with Crippen molar-refractivity contribution in [3.8, 4) is 5.75 Å². The van der Waals surface area contributed by atoms with E-state index in [1.54, 1.807) is 24.3 Å². The highest BCUT2D eigenvalue weighted by Crippen LogP contribution is 2.31. The van der Waals surface area contributed by atoms with Gasteiger partial charge in [-0.1, -0.05) is 30.3 Å². The molecule has 0 bridgehead atoms. The van der Waals surface area contributed by atoms with Crippen LogP contribution in [0.2, 0.25) is 0 Å². The molecule has 24 heavy (non-hydrogen) atoms. The van der Waals surface area contributed by atoms with E-state index in [0.717, 1.165) is 5.56 Å². The van der Waals surface area contributed by atoms with E-state index in [4.69, 9.17) is 9.47 Å². The third-order valence-corrected chi connectivity index (χ3v) is 3.39. The monoisotopic (exact) mass is 324 g/mol. The number of hydrogen-bond donors (Lipinski definition) is 0. The molecule has 0 unspecified atom stereocenters. The van der Waals surface area contributed by atoms with Gasteiger partial charge in [0, 0.05) is 25.0 Å². The van der Waals surface area contributed by atoms with E-state index in [0.29, 0.717) is 17.2 Å². The number of amides is 1. The van der Waals surface area contributed by atoms with Crippen molar-refractivity contribution in [2.24, 2.45) is 5.10 Å². The largest absolute Gasteiger partial charge is 0.446 e. The first kappa shape index (κ1) is 15.7. The summed E-state index contributed by atoms with van der Waals surface area (Å²) in [4.78, 5) is 23.0. The van der Waals surface area contributed by atoms with Crippen molar-refractivity contribution < 1.29 is 19.1 Å². The predicted molar refractivity (Wildman–Crippen MR) is 87.1 cm³/mol. The summed E-state index contributed by atoms with van der Waals surface area (Å²) in [5.41, 5.74) is 1.45. The summed E-state index contributed by atoms with van der Waals surface area (Å²) < 4.78 is 11.0. The summed E-state index contributed by atoms with van der Waals surface area (Å²) in [7, 11) is 0. The smallest absolute Gasteiger partial charge is 0.308 e. The highest BCUT2D eigenvalue weighted by atomic mass is 16.5. The quantitative estimate of drug-likeness (QED) is 0.643. The summed E-state index contributed by atoms with van der Waals surface area (Å²) in [5, 5.41) is 5.55. The molecule has 1 atom stereocenters. The number of ether oxygens (including phenoxy) is 2. The number of rotatable bonds is 3. The van der Waals surface area contributed by atoms with Gasteiger partial charge in [0.2, 0.25) is 18.0 Å². The lowest BCUT2D eigenvalue weighted by Crippen LogP contribution is -2.25. The van der Waals surface area contributed by atoms with E-state index in [2.05, 4.69) is 5.10 Å². The zero-order valence-corrected chi connectivity index (χ0v) is 13.3. The van der Waals surface area contributed by atoms with E-state index in [1.165, 1.54) is 18.9 Å². The van der Waals surface area contributed by atoms with Crippen molar-refractivity contribution in [1.29, 1.82) is 0 Å². The lowest BCUT2D eigenvalue weighted by atomic mass is 10.2. The van der Waals surface area contributed by atoms with Crippen LogP contribution in [-0.2, 0) is 14.3 Å². The molecule has 1 aliphatic rings. The van der Waals surface area contributed by atoms with E-state index in [1.807, 2.05) is 30.3 Å². The van der Waals surface area contributed by atoms with Gasteiger partial charge in [-0.2, -0.15) is 5.01 Å². The average molecular weight is 324 g/mol. The molecule has 0 fully saturated rings. The number of esters is 1. The van der Waals surface area contributed by atoms with Gasteiger partial charge in [0.25, 0.3) is 0 Å². The first-order chi connectivity index (χ1) is 11.5. The minimum absolute atomic E-state index is 0.246. The van der Waals surface area contributed by atoms with Crippen molar-refractivity contribution in [3.63, 3.8) is 0 Å². The fraction of sp³-hybridized carbons (Fsp3) is 0.167. The van der Waals surface area contributed by atoms with E-state index < -0.39 is 12.2 Å². The van der Waals surface area contributed by atoms with Crippen LogP contribution in [0, 0.1) is 0 Å². The molecule has 1 heterocycles. The molecule has 6 nitrogen and oxygen atoms in total. The molecular weight excluding hydrogens is 308 g/mol. The second-order valence-electron chi connectivity index (χ2n) is 5.27. The molecule has 0 spiro atoms. The van der Waals surface area contributed by atoms with Crippen LogP contribution in [0.3, 0.4) is 0 Å². The van der Waals surface area contributed by atoms with Crippen molar-refractivity contribution in [3.05, 3.63) is 65.7 Å². The van der Waals surface area contributed by atoms with Crippen LogP contribution in [-0.4, -0.2) is 22.8 Å². The van der Waals surface area contributed by atoms with Gasteiger partial charge >= 0.3 is 5.97 Å². The molecule has 0 aliphatic carbocycles. The van der Waals surface area contributed by atoms with Crippen LogP contribution in [0.25, 0.3) is 0 Å². The first-order valence-electron chi connectivity index (χ1n) is 7.43. The zero-order chi connectivity index (χ0) is 17.1. The summed E-state index contributed by atoms with van der Waals surface area (Å²) >= 11 is 0.